The molecule has 0 aromatic heterocycles. The lowest BCUT2D eigenvalue weighted by Crippen LogP contribution is -2.32. The Balaban J connectivity index is 1.87. The first kappa shape index (κ1) is 19.9. The van der Waals surface area contributed by atoms with Crippen molar-refractivity contribution < 1.29 is 9.47 Å². The van der Waals surface area contributed by atoms with E-state index in [1.807, 2.05) is 24.3 Å². The van der Waals surface area contributed by atoms with Gasteiger partial charge in [0.15, 0.2) is 0 Å². The minimum absolute atomic E-state index is 0.496. The second-order valence-electron chi connectivity index (χ2n) is 7.42. The Morgan fingerprint density at radius 2 is 1.10 bits per heavy atom. The molecule has 0 fully saturated rings. The summed E-state index contributed by atoms with van der Waals surface area (Å²) in [5.74, 6) is 0.826. The van der Waals surface area contributed by atoms with Gasteiger partial charge in [-0.25, -0.2) is 0 Å². The van der Waals surface area contributed by atoms with E-state index in [2.05, 4.69) is 91.9 Å². The number of hydrogen-bond donors (Lipinski definition) is 0. The van der Waals surface area contributed by atoms with Crippen molar-refractivity contribution in [1.29, 1.82) is 0 Å². The van der Waals surface area contributed by atoms with Crippen molar-refractivity contribution in [3.63, 3.8) is 0 Å². The Bertz CT molecular complexity index is 1010. The molecule has 4 rings (SSSR count). The van der Waals surface area contributed by atoms with Gasteiger partial charge in [-0.3, -0.25) is 0 Å². The van der Waals surface area contributed by atoms with Crippen LogP contribution in [0, 0.1) is 6.92 Å². The summed E-state index contributed by atoms with van der Waals surface area (Å²) in [4.78, 5) is 0. The second kappa shape index (κ2) is 8.98. The highest BCUT2D eigenvalue weighted by molar-refractivity contribution is 5.48. The maximum absolute atomic E-state index is 6.85. The normalized spacial score (nSPS) is 11.3. The van der Waals surface area contributed by atoms with Gasteiger partial charge in [0.25, 0.3) is 0 Å². The van der Waals surface area contributed by atoms with Gasteiger partial charge in [0.2, 0.25) is 0 Å². The van der Waals surface area contributed by atoms with Crippen LogP contribution in [0.15, 0.2) is 109 Å². The van der Waals surface area contributed by atoms with Crippen LogP contribution in [-0.2, 0) is 16.9 Å². The number of methoxy groups -OCH3 is 1. The van der Waals surface area contributed by atoms with Crippen LogP contribution in [0.2, 0.25) is 0 Å². The predicted octanol–water partition coefficient (Wildman–Crippen LogP) is 6.51. The fourth-order valence-electron chi connectivity index (χ4n) is 3.80. The minimum atomic E-state index is -0.736. The van der Waals surface area contributed by atoms with E-state index in [1.54, 1.807) is 7.11 Å². The van der Waals surface area contributed by atoms with Crippen LogP contribution in [0.5, 0.6) is 5.75 Å². The summed E-state index contributed by atoms with van der Waals surface area (Å²) in [5, 5.41) is 0. The molecule has 0 heterocycles. The highest BCUT2D eigenvalue weighted by Crippen LogP contribution is 2.41. The zero-order valence-corrected chi connectivity index (χ0v) is 17.4. The maximum Gasteiger partial charge on any atom is 0.144 e. The molecular weight excluding hydrogens is 368 g/mol. The molecule has 4 aromatic rings. The molecule has 0 aliphatic carbocycles. The van der Waals surface area contributed by atoms with E-state index >= 15 is 0 Å². The van der Waals surface area contributed by atoms with Crippen LogP contribution in [0.25, 0.3) is 0 Å². The lowest BCUT2D eigenvalue weighted by atomic mass is 9.80. The van der Waals surface area contributed by atoms with Gasteiger partial charge in [0, 0.05) is 0 Å². The van der Waals surface area contributed by atoms with Gasteiger partial charge in [-0.05, 0) is 41.3 Å². The predicted molar refractivity (Wildman–Crippen MR) is 122 cm³/mol. The fourth-order valence-corrected chi connectivity index (χ4v) is 3.80. The molecule has 0 amide bonds. The van der Waals surface area contributed by atoms with Crippen molar-refractivity contribution in [2.24, 2.45) is 0 Å². The smallest absolute Gasteiger partial charge is 0.144 e. The third kappa shape index (κ3) is 4.00. The average molecular weight is 395 g/mol. The maximum atomic E-state index is 6.85. The Hall–Kier alpha value is -3.36. The molecule has 0 atom stereocenters. The molecule has 0 radical (unpaired) electrons. The highest BCUT2D eigenvalue weighted by atomic mass is 16.5. The summed E-state index contributed by atoms with van der Waals surface area (Å²) >= 11 is 0. The molecule has 0 saturated heterocycles. The third-order valence-electron chi connectivity index (χ3n) is 5.43. The Kier molecular flexibility index (Phi) is 5.97. The van der Waals surface area contributed by atoms with Crippen LogP contribution in [0.1, 0.15) is 27.8 Å². The van der Waals surface area contributed by atoms with Crippen molar-refractivity contribution in [3.8, 4) is 5.75 Å². The van der Waals surface area contributed by atoms with E-state index in [9.17, 15) is 0 Å². The zero-order valence-electron chi connectivity index (χ0n) is 17.4. The number of ether oxygens (including phenoxy) is 2. The molecule has 2 heteroatoms. The topological polar surface area (TPSA) is 18.5 Å². The van der Waals surface area contributed by atoms with E-state index in [1.165, 1.54) is 5.56 Å². The number of aryl methyl sites for hydroxylation is 1. The standard InChI is InChI=1S/C28H26O2/c1-22-13-15-23(16-14-22)21-30-28(24-9-5-3-6-10-24,25-11-7-4-8-12-25)26-17-19-27(29-2)20-18-26/h3-20H,21H2,1-2H3. The molecule has 4 aromatic carbocycles. The van der Waals surface area contributed by atoms with E-state index in [0.29, 0.717) is 6.61 Å². The van der Waals surface area contributed by atoms with Crippen molar-refractivity contribution >= 4 is 0 Å². The van der Waals surface area contributed by atoms with Crippen molar-refractivity contribution in [1.82, 2.24) is 0 Å². The summed E-state index contributed by atoms with van der Waals surface area (Å²) < 4.78 is 12.2. The van der Waals surface area contributed by atoms with Crippen molar-refractivity contribution in [3.05, 3.63) is 137 Å². The molecule has 0 unspecified atom stereocenters. The second-order valence-corrected chi connectivity index (χ2v) is 7.42. The van der Waals surface area contributed by atoms with Crippen LogP contribution in [-0.4, -0.2) is 7.11 Å². The summed E-state index contributed by atoms with van der Waals surface area (Å²) in [7, 11) is 1.69. The van der Waals surface area contributed by atoms with Gasteiger partial charge in [0.1, 0.15) is 11.4 Å². The monoisotopic (exact) mass is 394 g/mol. The third-order valence-corrected chi connectivity index (χ3v) is 5.43. The molecular formula is C28H26O2. The molecule has 0 bridgehead atoms. The first-order chi connectivity index (χ1) is 14.7. The Morgan fingerprint density at radius 1 is 0.600 bits per heavy atom. The van der Waals surface area contributed by atoms with Crippen molar-refractivity contribution in [2.75, 3.05) is 7.11 Å². The molecule has 2 nitrogen and oxygen atoms in total. The molecule has 0 aliphatic rings. The number of rotatable bonds is 7. The molecule has 0 aliphatic heterocycles. The molecule has 30 heavy (non-hydrogen) atoms. The summed E-state index contributed by atoms with van der Waals surface area (Å²) in [6.07, 6.45) is 0. The number of benzene rings is 4. The van der Waals surface area contributed by atoms with E-state index in [4.69, 9.17) is 9.47 Å². The first-order valence-corrected chi connectivity index (χ1v) is 10.2. The lowest BCUT2D eigenvalue weighted by Gasteiger charge is -2.36. The summed E-state index contributed by atoms with van der Waals surface area (Å²) in [6.45, 7) is 2.59. The first-order valence-electron chi connectivity index (χ1n) is 10.2. The molecule has 0 N–H and O–H groups in total. The van der Waals surface area contributed by atoms with Gasteiger partial charge >= 0.3 is 0 Å². The SMILES string of the molecule is COc1ccc(C(OCc2ccc(C)cc2)(c2ccccc2)c2ccccc2)cc1. The van der Waals surface area contributed by atoms with Crippen LogP contribution >= 0.6 is 0 Å². The number of hydrogen-bond acceptors (Lipinski definition) is 2. The van der Waals surface area contributed by atoms with Crippen LogP contribution < -0.4 is 4.74 Å². The van der Waals surface area contributed by atoms with Gasteiger partial charge < -0.3 is 9.47 Å². The van der Waals surface area contributed by atoms with Gasteiger partial charge in [0.05, 0.1) is 13.7 Å². The van der Waals surface area contributed by atoms with Gasteiger partial charge in [-0.2, -0.15) is 0 Å². The summed E-state index contributed by atoms with van der Waals surface area (Å²) in [5.41, 5.74) is 4.89. The lowest BCUT2D eigenvalue weighted by molar-refractivity contribution is 0.000216. The quantitative estimate of drug-likeness (QED) is 0.333. The molecule has 0 saturated carbocycles. The van der Waals surface area contributed by atoms with Gasteiger partial charge in [-0.1, -0.05) is 103 Å². The zero-order chi connectivity index (χ0) is 20.8. The largest absolute Gasteiger partial charge is 0.497 e. The molecule has 0 spiro atoms. The van der Waals surface area contributed by atoms with E-state index < -0.39 is 5.60 Å². The average Bonchev–Trinajstić information content (AvgIpc) is 2.82. The fraction of sp³-hybridized carbons (Fsp3) is 0.143. The van der Waals surface area contributed by atoms with Crippen LogP contribution in [0.3, 0.4) is 0 Å². The van der Waals surface area contributed by atoms with Crippen LogP contribution in [0.4, 0.5) is 0 Å². The van der Waals surface area contributed by atoms with E-state index in [0.717, 1.165) is 28.0 Å². The van der Waals surface area contributed by atoms with E-state index in [-0.39, 0.29) is 0 Å². The van der Waals surface area contributed by atoms with Crippen molar-refractivity contribution in [2.45, 2.75) is 19.1 Å². The van der Waals surface area contributed by atoms with Gasteiger partial charge in [-0.15, -0.1) is 0 Å². The molecule has 150 valence electrons. The Morgan fingerprint density at radius 3 is 1.60 bits per heavy atom. The highest BCUT2D eigenvalue weighted by Gasteiger charge is 2.37. The Labute approximate surface area is 178 Å². The minimum Gasteiger partial charge on any atom is -0.497 e. The summed E-state index contributed by atoms with van der Waals surface area (Å²) in [6, 6.07) is 37.5.